The summed E-state index contributed by atoms with van der Waals surface area (Å²) in [6.45, 7) is 3.64. The van der Waals surface area contributed by atoms with Crippen molar-refractivity contribution in [1.82, 2.24) is 0 Å². The van der Waals surface area contributed by atoms with E-state index in [0.717, 1.165) is 5.56 Å². The zero-order valence-electron chi connectivity index (χ0n) is 9.16. The lowest BCUT2D eigenvalue weighted by Crippen LogP contribution is -2.45. The number of carbonyl (C=O) groups is 1. The van der Waals surface area contributed by atoms with E-state index in [1.807, 2.05) is 6.92 Å². The number of ketones is 1. The first-order valence-corrected chi connectivity index (χ1v) is 5.06. The van der Waals surface area contributed by atoms with Crippen molar-refractivity contribution >= 4 is 5.78 Å². The van der Waals surface area contributed by atoms with E-state index in [4.69, 9.17) is 10.8 Å². The average Bonchev–Trinajstić information content (AvgIpc) is 2.21. The molecular formula is C12H17NO2. The lowest BCUT2D eigenvalue weighted by molar-refractivity contribution is -0.123. The molecule has 1 unspecified atom stereocenters. The number of nitrogens with two attached hydrogens (primary N) is 1. The molecule has 3 nitrogen and oxygen atoms in total. The number of carbonyl (C=O) groups excluding carboxylic acids is 1. The summed E-state index contributed by atoms with van der Waals surface area (Å²) in [4.78, 5) is 11.8. The zero-order chi connectivity index (χ0) is 11.5. The van der Waals surface area contributed by atoms with Crippen LogP contribution in [0.1, 0.15) is 25.8 Å². The Hall–Kier alpha value is -1.35. The molecule has 1 aromatic carbocycles. The Kier molecular flexibility index (Phi) is 3.48. The van der Waals surface area contributed by atoms with E-state index in [2.05, 4.69) is 0 Å². The van der Waals surface area contributed by atoms with Crippen molar-refractivity contribution in [3.05, 3.63) is 29.8 Å². The van der Waals surface area contributed by atoms with Crippen LogP contribution in [0, 0.1) is 0 Å². The fourth-order valence-electron chi connectivity index (χ4n) is 1.20. The number of rotatable bonds is 4. The van der Waals surface area contributed by atoms with Gasteiger partial charge < -0.3 is 10.8 Å². The van der Waals surface area contributed by atoms with Crippen LogP contribution in [0.15, 0.2) is 24.3 Å². The van der Waals surface area contributed by atoms with Crippen LogP contribution >= 0.6 is 0 Å². The SMILES string of the molecule is CCC(C)(N)C(=O)Cc1ccc(O)cc1. The quantitative estimate of drug-likeness (QED) is 0.788. The fraction of sp³-hybridized carbons (Fsp3) is 0.417. The van der Waals surface area contributed by atoms with E-state index in [1.54, 1.807) is 31.2 Å². The molecule has 3 heteroatoms. The van der Waals surface area contributed by atoms with Crippen molar-refractivity contribution in [3.63, 3.8) is 0 Å². The van der Waals surface area contributed by atoms with Gasteiger partial charge in [-0.25, -0.2) is 0 Å². The molecular weight excluding hydrogens is 190 g/mol. The topological polar surface area (TPSA) is 63.3 Å². The van der Waals surface area contributed by atoms with Crippen molar-refractivity contribution in [2.45, 2.75) is 32.2 Å². The number of phenols is 1. The maximum absolute atomic E-state index is 11.8. The fourth-order valence-corrected chi connectivity index (χ4v) is 1.20. The predicted octanol–water partition coefficient (Wildman–Crippen LogP) is 1.63. The Bertz CT molecular complexity index is 341. The summed E-state index contributed by atoms with van der Waals surface area (Å²) in [5.41, 5.74) is 5.96. The van der Waals surface area contributed by atoms with Crippen LogP contribution in [0.3, 0.4) is 0 Å². The Morgan fingerprint density at radius 1 is 1.40 bits per heavy atom. The highest BCUT2D eigenvalue weighted by atomic mass is 16.3. The van der Waals surface area contributed by atoms with Crippen LogP contribution in [-0.2, 0) is 11.2 Å². The Morgan fingerprint density at radius 3 is 2.40 bits per heavy atom. The molecule has 0 aromatic heterocycles. The minimum Gasteiger partial charge on any atom is -0.508 e. The van der Waals surface area contributed by atoms with Gasteiger partial charge in [0.05, 0.1) is 5.54 Å². The molecule has 1 aromatic rings. The number of phenolic OH excluding ortho intramolecular Hbond substituents is 1. The molecule has 0 amide bonds. The van der Waals surface area contributed by atoms with E-state index in [9.17, 15) is 4.79 Å². The van der Waals surface area contributed by atoms with Gasteiger partial charge in [0.15, 0.2) is 5.78 Å². The van der Waals surface area contributed by atoms with Gasteiger partial charge in [-0.15, -0.1) is 0 Å². The third-order valence-electron chi connectivity index (χ3n) is 2.67. The second kappa shape index (κ2) is 4.45. The van der Waals surface area contributed by atoms with E-state index >= 15 is 0 Å². The minimum atomic E-state index is -0.752. The Balaban J connectivity index is 2.71. The van der Waals surface area contributed by atoms with Gasteiger partial charge in [-0.3, -0.25) is 4.79 Å². The molecule has 0 aliphatic carbocycles. The van der Waals surface area contributed by atoms with Crippen LogP contribution in [0.5, 0.6) is 5.75 Å². The van der Waals surface area contributed by atoms with Gasteiger partial charge in [0.1, 0.15) is 5.75 Å². The van der Waals surface area contributed by atoms with E-state index < -0.39 is 5.54 Å². The molecule has 0 aliphatic rings. The van der Waals surface area contributed by atoms with Crippen LogP contribution in [0.25, 0.3) is 0 Å². The molecule has 0 spiro atoms. The van der Waals surface area contributed by atoms with Crippen molar-refractivity contribution < 1.29 is 9.90 Å². The number of hydrogen-bond acceptors (Lipinski definition) is 3. The third kappa shape index (κ3) is 3.06. The molecule has 0 radical (unpaired) electrons. The highest BCUT2D eigenvalue weighted by molar-refractivity contribution is 5.89. The molecule has 0 aliphatic heterocycles. The van der Waals surface area contributed by atoms with Gasteiger partial charge in [0, 0.05) is 6.42 Å². The number of aromatic hydroxyl groups is 1. The Labute approximate surface area is 89.9 Å². The lowest BCUT2D eigenvalue weighted by atomic mass is 9.90. The molecule has 1 rings (SSSR count). The highest BCUT2D eigenvalue weighted by Crippen LogP contribution is 2.14. The summed E-state index contributed by atoms with van der Waals surface area (Å²) in [6, 6.07) is 6.61. The van der Waals surface area contributed by atoms with E-state index in [1.165, 1.54) is 0 Å². The van der Waals surface area contributed by atoms with E-state index in [0.29, 0.717) is 12.8 Å². The molecule has 0 heterocycles. The number of Topliss-reactive ketones (excluding diaryl/α,β-unsaturated/α-hetero) is 1. The minimum absolute atomic E-state index is 0.0238. The number of hydrogen-bond donors (Lipinski definition) is 2. The molecule has 15 heavy (non-hydrogen) atoms. The smallest absolute Gasteiger partial charge is 0.156 e. The predicted molar refractivity (Wildman–Crippen MR) is 59.7 cm³/mol. The summed E-state index contributed by atoms with van der Waals surface area (Å²) >= 11 is 0. The van der Waals surface area contributed by atoms with Gasteiger partial charge in [-0.2, -0.15) is 0 Å². The molecule has 0 bridgehead atoms. The van der Waals surface area contributed by atoms with Crippen molar-refractivity contribution in [2.75, 3.05) is 0 Å². The van der Waals surface area contributed by atoms with Crippen LogP contribution in [0.2, 0.25) is 0 Å². The summed E-state index contributed by atoms with van der Waals surface area (Å²) in [5.74, 6) is 0.230. The van der Waals surface area contributed by atoms with Crippen molar-refractivity contribution in [3.8, 4) is 5.75 Å². The summed E-state index contributed by atoms with van der Waals surface area (Å²) in [5, 5.41) is 9.09. The van der Waals surface area contributed by atoms with Gasteiger partial charge >= 0.3 is 0 Å². The first kappa shape index (κ1) is 11.7. The van der Waals surface area contributed by atoms with Crippen LogP contribution in [0.4, 0.5) is 0 Å². The molecule has 0 saturated carbocycles. The monoisotopic (exact) mass is 207 g/mol. The van der Waals surface area contributed by atoms with Gasteiger partial charge in [-0.1, -0.05) is 19.1 Å². The molecule has 1 atom stereocenters. The normalized spacial score (nSPS) is 14.6. The molecule has 82 valence electrons. The second-order valence-corrected chi connectivity index (χ2v) is 4.04. The van der Waals surface area contributed by atoms with Crippen molar-refractivity contribution in [2.24, 2.45) is 5.73 Å². The summed E-state index contributed by atoms with van der Waals surface area (Å²) in [6.07, 6.45) is 0.949. The average molecular weight is 207 g/mol. The maximum Gasteiger partial charge on any atom is 0.156 e. The van der Waals surface area contributed by atoms with Crippen molar-refractivity contribution in [1.29, 1.82) is 0 Å². The highest BCUT2D eigenvalue weighted by Gasteiger charge is 2.25. The van der Waals surface area contributed by atoms with Gasteiger partial charge in [0.25, 0.3) is 0 Å². The molecule has 3 N–H and O–H groups in total. The maximum atomic E-state index is 11.8. The van der Waals surface area contributed by atoms with Crippen LogP contribution in [-0.4, -0.2) is 16.4 Å². The third-order valence-corrected chi connectivity index (χ3v) is 2.67. The lowest BCUT2D eigenvalue weighted by Gasteiger charge is -2.20. The standard InChI is InChI=1S/C12H17NO2/c1-3-12(2,13)11(15)8-9-4-6-10(14)7-5-9/h4-7,14H,3,8,13H2,1-2H3. The second-order valence-electron chi connectivity index (χ2n) is 4.04. The Morgan fingerprint density at radius 2 is 1.93 bits per heavy atom. The molecule has 0 fully saturated rings. The van der Waals surface area contributed by atoms with Gasteiger partial charge in [0.2, 0.25) is 0 Å². The number of benzene rings is 1. The largest absolute Gasteiger partial charge is 0.508 e. The summed E-state index contributed by atoms with van der Waals surface area (Å²) in [7, 11) is 0. The first-order valence-electron chi connectivity index (χ1n) is 5.06. The zero-order valence-corrected chi connectivity index (χ0v) is 9.16. The molecule has 0 saturated heterocycles. The summed E-state index contributed by atoms with van der Waals surface area (Å²) < 4.78 is 0. The first-order chi connectivity index (χ1) is 6.95. The van der Waals surface area contributed by atoms with E-state index in [-0.39, 0.29) is 11.5 Å². The van der Waals surface area contributed by atoms with Gasteiger partial charge in [-0.05, 0) is 31.0 Å². The van der Waals surface area contributed by atoms with Crippen LogP contribution < -0.4 is 5.73 Å².